The molecular formula is C12H17NO3. The molecule has 0 amide bonds. The van der Waals surface area contributed by atoms with Gasteiger partial charge in [-0.1, -0.05) is 6.08 Å². The lowest BCUT2D eigenvalue weighted by molar-refractivity contribution is -0.179. The Kier molecular flexibility index (Phi) is 2.84. The van der Waals surface area contributed by atoms with Gasteiger partial charge in [0, 0.05) is 12.5 Å². The molecular weight excluding hydrogens is 206 g/mol. The van der Waals surface area contributed by atoms with E-state index in [2.05, 4.69) is 6.58 Å². The van der Waals surface area contributed by atoms with Crippen LogP contribution < -0.4 is 0 Å². The van der Waals surface area contributed by atoms with Crippen LogP contribution in [-0.2, 0) is 14.3 Å². The van der Waals surface area contributed by atoms with Crippen LogP contribution in [0.5, 0.6) is 0 Å². The fourth-order valence-corrected chi connectivity index (χ4v) is 2.96. The molecule has 2 saturated heterocycles. The monoisotopic (exact) mass is 223 g/mol. The lowest BCUT2D eigenvalue weighted by Crippen LogP contribution is -2.69. The van der Waals surface area contributed by atoms with Gasteiger partial charge < -0.3 is 4.74 Å². The maximum absolute atomic E-state index is 12.0. The smallest absolute Gasteiger partial charge is 0.335 e. The van der Waals surface area contributed by atoms with Crippen molar-refractivity contribution in [2.75, 3.05) is 19.7 Å². The lowest BCUT2D eigenvalue weighted by atomic mass is 9.73. The van der Waals surface area contributed by atoms with Gasteiger partial charge in [0.15, 0.2) is 11.3 Å². The van der Waals surface area contributed by atoms with Crippen molar-refractivity contribution >= 4 is 11.8 Å². The van der Waals surface area contributed by atoms with Gasteiger partial charge >= 0.3 is 5.97 Å². The van der Waals surface area contributed by atoms with Gasteiger partial charge in [0.05, 0.1) is 0 Å². The van der Waals surface area contributed by atoms with E-state index in [4.69, 9.17) is 4.74 Å². The van der Waals surface area contributed by atoms with Gasteiger partial charge in [0.1, 0.15) is 6.61 Å². The second-order valence-electron chi connectivity index (χ2n) is 4.43. The highest BCUT2D eigenvalue weighted by Gasteiger charge is 2.57. The summed E-state index contributed by atoms with van der Waals surface area (Å²) in [7, 11) is 0. The molecule has 0 radical (unpaired) electrons. The van der Waals surface area contributed by atoms with Crippen molar-refractivity contribution in [3.8, 4) is 0 Å². The average Bonchev–Trinajstić information content (AvgIpc) is 2.28. The lowest BCUT2D eigenvalue weighted by Gasteiger charge is -2.49. The highest BCUT2D eigenvalue weighted by Crippen LogP contribution is 2.38. The Balaban J connectivity index is 2.47. The van der Waals surface area contributed by atoms with E-state index in [1.165, 1.54) is 6.92 Å². The van der Waals surface area contributed by atoms with E-state index < -0.39 is 11.5 Å². The van der Waals surface area contributed by atoms with Crippen LogP contribution >= 0.6 is 0 Å². The van der Waals surface area contributed by atoms with E-state index in [0.29, 0.717) is 13.2 Å². The summed E-state index contributed by atoms with van der Waals surface area (Å²) in [5.74, 6) is -0.635. The van der Waals surface area contributed by atoms with Gasteiger partial charge in [-0.05, 0) is 26.3 Å². The summed E-state index contributed by atoms with van der Waals surface area (Å²) in [6.07, 6.45) is 3.55. The summed E-state index contributed by atoms with van der Waals surface area (Å²) in [6.45, 7) is 7.05. The van der Waals surface area contributed by atoms with Crippen molar-refractivity contribution < 1.29 is 14.3 Å². The highest BCUT2D eigenvalue weighted by atomic mass is 16.5. The Hall–Kier alpha value is -1.16. The van der Waals surface area contributed by atoms with Crippen molar-refractivity contribution in [2.24, 2.45) is 5.92 Å². The molecule has 0 aromatic heterocycles. The fourth-order valence-electron chi connectivity index (χ4n) is 2.96. The Labute approximate surface area is 95.2 Å². The molecule has 0 N–H and O–H groups in total. The molecule has 0 aromatic carbocycles. The highest BCUT2D eigenvalue weighted by molar-refractivity contribution is 6.08. The normalized spacial score (nSPS) is 35.1. The molecule has 2 rings (SSSR count). The molecule has 88 valence electrons. The van der Waals surface area contributed by atoms with Crippen LogP contribution in [0.4, 0.5) is 0 Å². The number of esters is 1. The number of Topliss-reactive ketones (excluding diaryl/α,β-unsaturated/α-hetero) is 1. The van der Waals surface area contributed by atoms with E-state index >= 15 is 0 Å². The number of carbonyl (C=O) groups is 2. The number of fused-ring (bicyclic) bond motifs is 1. The van der Waals surface area contributed by atoms with Crippen molar-refractivity contribution in [2.45, 2.75) is 25.3 Å². The minimum Gasteiger partial charge on any atom is -0.463 e. The first-order chi connectivity index (χ1) is 7.64. The first-order valence-corrected chi connectivity index (χ1v) is 5.70. The van der Waals surface area contributed by atoms with Crippen LogP contribution in [0.15, 0.2) is 12.7 Å². The van der Waals surface area contributed by atoms with Gasteiger partial charge in [-0.15, -0.1) is 6.58 Å². The standard InChI is InChI=1S/C12H17NO3/c1-3-10-5-4-6-13-7-8-16-11(15)12(10,13)9(2)14/h3,10H,1,4-8H2,2H3. The first kappa shape index (κ1) is 11.3. The minimum absolute atomic E-state index is 0.119. The third-order valence-electron chi connectivity index (χ3n) is 3.71. The van der Waals surface area contributed by atoms with Crippen molar-refractivity contribution in [3.05, 3.63) is 12.7 Å². The third kappa shape index (κ3) is 1.33. The molecule has 0 saturated carbocycles. The number of hydrogen-bond acceptors (Lipinski definition) is 4. The maximum atomic E-state index is 12.0. The minimum atomic E-state index is -1.09. The Morgan fingerprint density at radius 3 is 3.00 bits per heavy atom. The molecule has 4 nitrogen and oxygen atoms in total. The molecule has 0 bridgehead atoms. The molecule has 4 heteroatoms. The van der Waals surface area contributed by atoms with Gasteiger partial charge in [-0.2, -0.15) is 0 Å². The quantitative estimate of drug-likeness (QED) is 0.394. The van der Waals surface area contributed by atoms with E-state index in [0.717, 1.165) is 19.4 Å². The first-order valence-electron chi connectivity index (χ1n) is 5.70. The second-order valence-corrected chi connectivity index (χ2v) is 4.43. The fraction of sp³-hybridized carbons (Fsp3) is 0.667. The second kappa shape index (κ2) is 4.01. The summed E-state index contributed by atoms with van der Waals surface area (Å²) < 4.78 is 5.09. The molecule has 2 heterocycles. The van der Waals surface area contributed by atoms with E-state index in [-0.39, 0.29) is 11.7 Å². The molecule has 0 spiro atoms. The van der Waals surface area contributed by atoms with Crippen molar-refractivity contribution in [1.82, 2.24) is 4.90 Å². The molecule has 2 aliphatic rings. The molecule has 2 aliphatic heterocycles. The summed E-state index contributed by atoms with van der Waals surface area (Å²) in [6, 6.07) is 0. The number of ether oxygens (including phenoxy) is 1. The number of hydrogen-bond donors (Lipinski definition) is 0. The van der Waals surface area contributed by atoms with E-state index in [1.807, 2.05) is 4.90 Å². The molecule has 16 heavy (non-hydrogen) atoms. The topological polar surface area (TPSA) is 46.6 Å². The number of morpholine rings is 1. The summed E-state index contributed by atoms with van der Waals surface area (Å²) in [5, 5.41) is 0. The molecule has 2 unspecified atom stereocenters. The third-order valence-corrected chi connectivity index (χ3v) is 3.71. The predicted molar refractivity (Wildman–Crippen MR) is 58.9 cm³/mol. The number of nitrogens with zero attached hydrogens (tertiary/aromatic N) is 1. The van der Waals surface area contributed by atoms with Gasteiger partial charge in [0.25, 0.3) is 0 Å². The molecule has 0 aliphatic carbocycles. The SMILES string of the molecule is C=CC1CCCN2CCOC(=O)C12C(C)=O. The zero-order chi connectivity index (χ0) is 11.8. The van der Waals surface area contributed by atoms with Crippen LogP contribution in [0.1, 0.15) is 19.8 Å². The average molecular weight is 223 g/mol. The molecule has 2 atom stereocenters. The number of piperidine rings is 1. The van der Waals surface area contributed by atoms with E-state index in [9.17, 15) is 9.59 Å². The van der Waals surface area contributed by atoms with Gasteiger partial charge in [-0.3, -0.25) is 9.69 Å². The number of carbonyl (C=O) groups excluding carboxylic acids is 2. The molecule has 2 fully saturated rings. The Morgan fingerprint density at radius 2 is 2.38 bits per heavy atom. The maximum Gasteiger partial charge on any atom is 0.335 e. The zero-order valence-corrected chi connectivity index (χ0v) is 9.57. The van der Waals surface area contributed by atoms with Crippen LogP contribution in [0, 0.1) is 5.92 Å². The number of ketones is 1. The van der Waals surface area contributed by atoms with Crippen molar-refractivity contribution in [3.63, 3.8) is 0 Å². The molecule has 0 aromatic rings. The largest absolute Gasteiger partial charge is 0.463 e. The van der Waals surface area contributed by atoms with Crippen LogP contribution in [0.25, 0.3) is 0 Å². The van der Waals surface area contributed by atoms with E-state index in [1.54, 1.807) is 6.08 Å². The summed E-state index contributed by atoms with van der Waals surface area (Å²) in [4.78, 5) is 25.9. The number of cyclic esters (lactones) is 1. The summed E-state index contributed by atoms with van der Waals surface area (Å²) >= 11 is 0. The zero-order valence-electron chi connectivity index (χ0n) is 9.57. The van der Waals surface area contributed by atoms with Gasteiger partial charge in [-0.25, -0.2) is 4.79 Å². The van der Waals surface area contributed by atoms with Crippen LogP contribution in [0.3, 0.4) is 0 Å². The van der Waals surface area contributed by atoms with Crippen LogP contribution in [0.2, 0.25) is 0 Å². The van der Waals surface area contributed by atoms with Gasteiger partial charge in [0.2, 0.25) is 0 Å². The van der Waals surface area contributed by atoms with Crippen molar-refractivity contribution in [1.29, 1.82) is 0 Å². The predicted octanol–water partition coefficient (Wildman–Crippen LogP) is 0.769. The van der Waals surface area contributed by atoms with Crippen LogP contribution in [-0.4, -0.2) is 41.9 Å². The number of rotatable bonds is 2. The summed E-state index contributed by atoms with van der Waals surface area (Å²) in [5.41, 5.74) is -1.09. The Bertz CT molecular complexity index is 337. The Morgan fingerprint density at radius 1 is 1.62 bits per heavy atom.